The molecule has 9 heavy (non-hydrogen) atoms. The van der Waals surface area contributed by atoms with Gasteiger partial charge in [-0.15, -0.1) is 11.6 Å². The van der Waals surface area contributed by atoms with Crippen molar-refractivity contribution in [2.24, 2.45) is 0 Å². The molecule has 2 fully saturated rings. The van der Waals surface area contributed by atoms with Crippen molar-refractivity contribution < 1.29 is 4.79 Å². The smallest absolute Gasteiger partial charge is 0.169 e. The van der Waals surface area contributed by atoms with Crippen molar-refractivity contribution in [3.8, 4) is 0 Å². The number of alkyl halides is 1. The first kappa shape index (κ1) is 5.69. The number of halogens is 1. The van der Waals surface area contributed by atoms with Gasteiger partial charge in [-0.3, -0.25) is 9.69 Å². The molecule has 2 aliphatic rings. The van der Waals surface area contributed by atoms with E-state index >= 15 is 0 Å². The fourth-order valence-corrected chi connectivity index (χ4v) is 1.87. The van der Waals surface area contributed by atoms with Gasteiger partial charge in [-0.05, 0) is 6.42 Å². The highest BCUT2D eigenvalue weighted by Gasteiger charge is 2.49. The average molecular weight is 146 g/mol. The summed E-state index contributed by atoms with van der Waals surface area (Å²) in [4.78, 5) is 12.6. The molecule has 50 valence electrons. The first-order valence-electron chi connectivity index (χ1n) is 3.15. The Morgan fingerprint density at radius 3 is 2.67 bits per heavy atom. The normalized spacial score (nSPS) is 48.6. The van der Waals surface area contributed by atoms with Crippen LogP contribution in [0.3, 0.4) is 0 Å². The summed E-state index contributed by atoms with van der Waals surface area (Å²) in [5, 5.41) is 0. The molecular formula is C6H8ClNO. The highest BCUT2D eigenvalue weighted by molar-refractivity contribution is 6.36. The van der Waals surface area contributed by atoms with Gasteiger partial charge in [0.2, 0.25) is 0 Å². The Morgan fingerprint density at radius 1 is 1.67 bits per heavy atom. The standard InChI is InChI=1S/C6H8ClNO/c7-6-1-2-8(4-6)3-5(6)9/h1-4H2. The Bertz CT molecular complexity index is 170. The number of fused-ring (bicyclic) bond motifs is 2. The van der Waals surface area contributed by atoms with Crippen molar-refractivity contribution in [2.75, 3.05) is 19.6 Å². The number of rotatable bonds is 0. The van der Waals surface area contributed by atoms with Crippen LogP contribution in [0.5, 0.6) is 0 Å². The van der Waals surface area contributed by atoms with Crippen LogP contribution in [0.1, 0.15) is 6.42 Å². The van der Waals surface area contributed by atoms with Gasteiger partial charge in [0.05, 0.1) is 6.54 Å². The van der Waals surface area contributed by atoms with Crippen molar-refractivity contribution in [3.05, 3.63) is 0 Å². The van der Waals surface area contributed by atoms with E-state index in [0.29, 0.717) is 6.54 Å². The van der Waals surface area contributed by atoms with E-state index in [2.05, 4.69) is 4.90 Å². The second kappa shape index (κ2) is 1.50. The number of Topliss-reactive ketones (excluding diaryl/α,β-unsaturated/α-hetero) is 1. The van der Waals surface area contributed by atoms with Gasteiger partial charge < -0.3 is 0 Å². The Hall–Kier alpha value is -0.0800. The molecule has 2 bridgehead atoms. The van der Waals surface area contributed by atoms with Gasteiger partial charge in [-0.25, -0.2) is 0 Å². The molecule has 2 rings (SSSR count). The van der Waals surface area contributed by atoms with E-state index in [0.717, 1.165) is 19.5 Å². The summed E-state index contributed by atoms with van der Waals surface area (Å²) in [6.07, 6.45) is 0.855. The third-order valence-electron chi connectivity index (χ3n) is 2.17. The van der Waals surface area contributed by atoms with Crippen LogP contribution in [-0.4, -0.2) is 35.2 Å². The lowest BCUT2D eigenvalue weighted by Crippen LogP contribution is -2.31. The van der Waals surface area contributed by atoms with Crippen molar-refractivity contribution >= 4 is 17.4 Å². The minimum Gasteiger partial charge on any atom is -0.296 e. The maximum atomic E-state index is 11.0. The highest BCUT2D eigenvalue weighted by atomic mass is 35.5. The zero-order valence-electron chi connectivity index (χ0n) is 5.06. The fourth-order valence-electron chi connectivity index (χ4n) is 1.56. The third kappa shape index (κ3) is 0.634. The van der Waals surface area contributed by atoms with E-state index in [1.807, 2.05) is 0 Å². The number of nitrogens with zero attached hydrogens (tertiary/aromatic N) is 1. The van der Waals surface area contributed by atoms with Gasteiger partial charge in [0.25, 0.3) is 0 Å². The van der Waals surface area contributed by atoms with Crippen molar-refractivity contribution in [2.45, 2.75) is 11.3 Å². The quantitative estimate of drug-likeness (QED) is 0.456. The van der Waals surface area contributed by atoms with E-state index in [9.17, 15) is 4.79 Å². The Kier molecular flexibility index (Phi) is 0.945. The van der Waals surface area contributed by atoms with Gasteiger partial charge in [-0.1, -0.05) is 0 Å². The van der Waals surface area contributed by atoms with Crippen LogP contribution in [0.15, 0.2) is 0 Å². The van der Waals surface area contributed by atoms with E-state index < -0.39 is 4.87 Å². The lowest BCUT2D eigenvalue weighted by Gasteiger charge is -2.14. The van der Waals surface area contributed by atoms with E-state index in [1.165, 1.54) is 0 Å². The van der Waals surface area contributed by atoms with Crippen molar-refractivity contribution in [1.82, 2.24) is 4.90 Å². The number of carbonyl (C=O) groups excluding carboxylic acids is 1. The molecule has 2 unspecified atom stereocenters. The number of piperidine rings is 1. The van der Waals surface area contributed by atoms with Crippen LogP contribution in [0.2, 0.25) is 0 Å². The Labute approximate surface area is 58.8 Å². The number of carbonyl (C=O) groups is 1. The summed E-state index contributed by atoms with van der Waals surface area (Å²) in [5.41, 5.74) is 0. The van der Waals surface area contributed by atoms with Crippen LogP contribution in [0.25, 0.3) is 0 Å². The molecule has 0 N–H and O–H groups in total. The molecule has 0 aliphatic carbocycles. The minimum atomic E-state index is -0.472. The molecular weight excluding hydrogens is 138 g/mol. The maximum absolute atomic E-state index is 11.0. The summed E-state index contributed by atoms with van der Waals surface area (Å²) in [5.74, 6) is 0.218. The summed E-state index contributed by atoms with van der Waals surface area (Å²) in [7, 11) is 0. The summed E-state index contributed by atoms with van der Waals surface area (Å²) >= 11 is 5.96. The fraction of sp³-hybridized carbons (Fsp3) is 0.833. The number of hydrogen-bond donors (Lipinski definition) is 0. The topological polar surface area (TPSA) is 20.3 Å². The summed E-state index contributed by atoms with van der Waals surface area (Å²) in [6, 6.07) is 0. The average Bonchev–Trinajstić information content (AvgIpc) is 2.22. The molecule has 2 aliphatic heterocycles. The van der Waals surface area contributed by atoms with Crippen LogP contribution in [0.4, 0.5) is 0 Å². The Morgan fingerprint density at radius 2 is 2.44 bits per heavy atom. The Balaban J connectivity index is 2.32. The van der Waals surface area contributed by atoms with E-state index in [1.54, 1.807) is 0 Å². The first-order valence-corrected chi connectivity index (χ1v) is 3.53. The van der Waals surface area contributed by atoms with Gasteiger partial charge in [0, 0.05) is 13.1 Å². The molecule has 0 spiro atoms. The molecule has 2 nitrogen and oxygen atoms in total. The molecule has 2 saturated heterocycles. The van der Waals surface area contributed by atoms with Crippen LogP contribution >= 0.6 is 11.6 Å². The predicted molar refractivity (Wildman–Crippen MR) is 34.6 cm³/mol. The molecule has 2 heterocycles. The second-order valence-corrected chi connectivity index (χ2v) is 3.57. The lowest BCUT2D eigenvalue weighted by molar-refractivity contribution is -0.119. The van der Waals surface area contributed by atoms with Gasteiger partial charge in [0.15, 0.2) is 5.78 Å². The van der Waals surface area contributed by atoms with E-state index in [4.69, 9.17) is 11.6 Å². The van der Waals surface area contributed by atoms with Crippen LogP contribution < -0.4 is 0 Å². The van der Waals surface area contributed by atoms with Crippen LogP contribution in [-0.2, 0) is 4.79 Å². The third-order valence-corrected chi connectivity index (χ3v) is 2.68. The summed E-state index contributed by atoms with van der Waals surface area (Å²) < 4.78 is 0. The SMILES string of the molecule is O=C1CN2CCC1(Cl)C2. The molecule has 0 aromatic carbocycles. The maximum Gasteiger partial charge on any atom is 0.169 e. The molecule has 3 heteroatoms. The molecule has 0 radical (unpaired) electrons. The molecule has 0 amide bonds. The lowest BCUT2D eigenvalue weighted by atomic mass is 10.0. The van der Waals surface area contributed by atoms with Crippen LogP contribution in [0, 0.1) is 0 Å². The minimum absolute atomic E-state index is 0.218. The number of ketones is 1. The van der Waals surface area contributed by atoms with E-state index in [-0.39, 0.29) is 5.78 Å². The van der Waals surface area contributed by atoms with Crippen molar-refractivity contribution in [1.29, 1.82) is 0 Å². The van der Waals surface area contributed by atoms with Gasteiger partial charge in [0.1, 0.15) is 4.87 Å². The second-order valence-electron chi connectivity index (χ2n) is 2.85. The monoisotopic (exact) mass is 145 g/mol. The van der Waals surface area contributed by atoms with Gasteiger partial charge in [-0.2, -0.15) is 0 Å². The zero-order valence-corrected chi connectivity index (χ0v) is 5.82. The predicted octanol–water partition coefficient (Wildman–Crippen LogP) is 0.252. The summed E-state index contributed by atoms with van der Waals surface area (Å²) in [6.45, 7) is 2.38. The zero-order chi connectivity index (χ0) is 6.48. The molecule has 0 aromatic heterocycles. The highest BCUT2D eigenvalue weighted by Crippen LogP contribution is 2.34. The number of hydrogen-bond acceptors (Lipinski definition) is 2. The molecule has 0 aromatic rings. The first-order chi connectivity index (χ1) is 4.21. The molecule has 0 saturated carbocycles. The largest absolute Gasteiger partial charge is 0.296 e. The molecule has 2 atom stereocenters. The van der Waals surface area contributed by atoms with Crippen molar-refractivity contribution in [3.63, 3.8) is 0 Å². The van der Waals surface area contributed by atoms with Gasteiger partial charge >= 0.3 is 0 Å².